The zero-order chi connectivity index (χ0) is 21.1. The lowest BCUT2D eigenvalue weighted by molar-refractivity contribution is -0.122. The van der Waals surface area contributed by atoms with Crippen LogP contribution in [0.2, 0.25) is 0 Å². The molecule has 4 rings (SSSR count). The van der Waals surface area contributed by atoms with E-state index >= 15 is 0 Å². The van der Waals surface area contributed by atoms with Gasteiger partial charge in [-0.1, -0.05) is 43.3 Å². The first-order valence-electron chi connectivity index (χ1n) is 10.1. The molecule has 0 saturated heterocycles. The summed E-state index contributed by atoms with van der Waals surface area (Å²) in [5.74, 6) is 0.829. The number of carbonyl (C=O) groups is 1. The molecule has 2 aromatic carbocycles. The van der Waals surface area contributed by atoms with Crippen LogP contribution in [0.5, 0.6) is 0 Å². The highest BCUT2D eigenvalue weighted by Gasteiger charge is 2.21. The highest BCUT2D eigenvalue weighted by molar-refractivity contribution is 5.78. The lowest BCUT2D eigenvalue weighted by Gasteiger charge is -2.20. The molecular weight excluding hydrogens is 380 g/mol. The van der Waals surface area contributed by atoms with Crippen molar-refractivity contribution in [3.63, 3.8) is 0 Å². The van der Waals surface area contributed by atoms with E-state index in [1.165, 1.54) is 4.68 Å². The van der Waals surface area contributed by atoms with E-state index in [1.807, 2.05) is 44.2 Å². The number of nitrogens with one attached hydrogen (secondary N) is 2. The topological polar surface area (TPSA) is 106 Å². The molecule has 0 bridgehead atoms. The number of aromatic amines is 1. The first-order valence-corrected chi connectivity index (χ1v) is 10.1. The van der Waals surface area contributed by atoms with Crippen LogP contribution in [-0.2, 0) is 11.3 Å². The zero-order valence-corrected chi connectivity index (χ0v) is 17.0. The van der Waals surface area contributed by atoms with Crippen molar-refractivity contribution in [1.29, 1.82) is 0 Å². The fourth-order valence-corrected chi connectivity index (χ4v) is 3.48. The van der Waals surface area contributed by atoms with Gasteiger partial charge in [-0.3, -0.25) is 9.59 Å². The van der Waals surface area contributed by atoms with Crippen LogP contribution in [-0.4, -0.2) is 30.9 Å². The van der Waals surface area contributed by atoms with Gasteiger partial charge in [0.2, 0.25) is 5.91 Å². The van der Waals surface area contributed by atoms with Gasteiger partial charge < -0.3 is 10.3 Å². The van der Waals surface area contributed by atoms with Gasteiger partial charge in [-0.2, -0.15) is 0 Å². The van der Waals surface area contributed by atoms with Gasteiger partial charge in [-0.05, 0) is 36.6 Å². The minimum Gasteiger partial charge on any atom is -0.346 e. The van der Waals surface area contributed by atoms with E-state index in [1.54, 1.807) is 18.2 Å². The maximum absolute atomic E-state index is 12.6. The third-order valence-electron chi connectivity index (χ3n) is 5.09. The Labute approximate surface area is 173 Å². The average Bonchev–Trinajstić information content (AvgIpc) is 3.17. The third kappa shape index (κ3) is 4.07. The van der Waals surface area contributed by atoms with Crippen molar-refractivity contribution in [2.45, 2.75) is 39.3 Å². The second-order valence-corrected chi connectivity index (χ2v) is 7.67. The molecule has 8 nitrogen and oxygen atoms in total. The molecule has 0 spiro atoms. The number of aromatic nitrogens is 5. The molecule has 8 heteroatoms. The molecule has 0 saturated carbocycles. The Morgan fingerprint density at radius 3 is 2.60 bits per heavy atom. The van der Waals surface area contributed by atoms with E-state index in [-0.39, 0.29) is 29.8 Å². The Hall–Kier alpha value is -3.55. The number of fused-ring (bicyclic) bond motifs is 2. The molecular formula is C22H24N6O2. The number of hydrogen-bond acceptors (Lipinski definition) is 5. The highest BCUT2D eigenvalue weighted by Crippen LogP contribution is 2.22. The molecule has 0 aliphatic carbocycles. The summed E-state index contributed by atoms with van der Waals surface area (Å²) >= 11 is 0. The van der Waals surface area contributed by atoms with E-state index in [2.05, 4.69) is 25.6 Å². The number of para-hydroxylation sites is 2. The highest BCUT2D eigenvalue weighted by atomic mass is 16.1. The monoisotopic (exact) mass is 404 g/mol. The molecule has 154 valence electrons. The normalized spacial score (nSPS) is 12.5. The number of hydrogen-bond donors (Lipinski definition) is 2. The molecule has 2 heterocycles. The summed E-state index contributed by atoms with van der Waals surface area (Å²) in [7, 11) is 0. The van der Waals surface area contributed by atoms with Gasteiger partial charge in [0.25, 0.3) is 5.56 Å². The smallest absolute Gasteiger partial charge is 0.277 e. The van der Waals surface area contributed by atoms with Crippen LogP contribution in [0, 0.1) is 5.92 Å². The van der Waals surface area contributed by atoms with Crippen LogP contribution < -0.4 is 10.9 Å². The number of amides is 1. The molecule has 30 heavy (non-hydrogen) atoms. The SMILES string of the molecule is CC(C)[C@@H](NC(=O)CCCn1nnc2ccccc2c1=O)c1nc2ccccc2[nH]1. The molecule has 4 aromatic rings. The molecule has 1 amide bonds. The van der Waals surface area contributed by atoms with Crippen molar-refractivity contribution >= 4 is 27.8 Å². The Balaban J connectivity index is 1.40. The number of imidazole rings is 1. The van der Waals surface area contributed by atoms with Crippen molar-refractivity contribution in [2.24, 2.45) is 5.92 Å². The van der Waals surface area contributed by atoms with Gasteiger partial charge in [-0.15, -0.1) is 5.10 Å². The van der Waals surface area contributed by atoms with E-state index in [0.717, 1.165) is 16.9 Å². The summed E-state index contributed by atoms with van der Waals surface area (Å²) in [6, 6.07) is 14.7. The van der Waals surface area contributed by atoms with Crippen molar-refractivity contribution in [3.05, 3.63) is 64.7 Å². The predicted molar refractivity (Wildman–Crippen MR) is 115 cm³/mol. The Bertz CT molecular complexity index is 1210. The van der Waals surface area contributed by atoms with Crippen molar-refractivity contribution < 1.29 is 4.79 Å². The standard InChI is InChI=1S/C22H24N6O2/c1-14(2)20(21-23-17-10-5-6-11-18(17)24-21)25-19(29)12-7-13-28-22(30)15-8-3-4-9-16(15)26-27-28/h3-6,8-11,14,20H,7,12-13H2,1-2H3,(H,23,24)(H,25,29)/t20-/m1/s1. The van der Waals surface area contributed by atoms with Gasteiger partial charge in [0, 0.05) is 13.0 Å². The molecule has 0 aliphatic heterocycles. The Morgan fingerprint density at radius 2 is 1.83 bits per heavy atom. The quantitative estimate of drug-likeness (QED) is 0.493. The van der Waals surface area contributed by atoms with Gasteiger partial charge in [-0.25, -0.2) is 9.67 Å². The van der Waals surface area contributed by atoms with Gasteiger partial charge in [0.15, 0.2) is 0 Å². The second-order valence-electron chi connectivity index (χ2n) is 7.67. The number of rotatable bonds is 7. The van der Waals surface area contributed by atoms with Crippen molar-refractivity contribution in [3.8, 4) is 0 Å². The van der Waals surface area contributed by atoms with Crippen LogP contribution in [0.3, 0.4) is 0 Å². The third-order valence-corrected chi connectivity index (χ3v) is 5.09. The fourth-order valence-electron chi connectivity index (χ4n) is 3.48. The molecule has 0 radical (unpaired) electrons. The molecule has 0 aliphatic rings. The molecule has 2 N–H and O–H groups in total. The zero-order valence-electron chi connectivity index (χ0n) is 17.0. The number of carbonyl (C=O) groups excluding carboxylic acids is 1. The van der Waals surface area contributed by atoms with E-state index in [0.29, 0.717) is 23.9 Å². The average molecular weight is 404 g/mol. The van der Waals surface area contributed by atoms with Gasteiger partial charge in [0.05, 0.1) is 22.5 Å². The maximum atomic E-state index is 12.6. The summed E-state index contributed by atoms with van der Waals surface area (Å²) in [6.45, 7) is 4.42. The van der Waals surface area contributed by atoms with Gasteiger partial charge >= 0.3 is 0 Å². The molecule has 2 aromatic heterocycles. The van der Waals surface area contributed by atoms with Crippen LogP contribution >= 0.6 is 0 Å². The minimum atomic E-state index is -0.215. The van der Waals surface area contributed by atoms with Crippen LogP contribution in [0.15, 0.2) is 53.3 Å². The predicted octanol–water partition coefficient (Wildman–Crippen LogP) is 2.96. The molecule has 0 unspecified atom stereocenters. The fraction of sp³-hybridized carbons (Fsp3) is 0.318. The lowest BCUT2D eigenvalue weighted by atomic mass is 10.0. The van der Waals surface area contributed by atoms with Crippen LogP contribution in [0.4, 0.5) is 0 Å². The lowest BCUT2D eigenvalue weighted by Crippen LogP contribution is -2.33. The van der Waals surface area contributed by atoms with Crippen LogP contribution in [0.1, 0.15) is 38.6 Å². The van der Waals surface area contributed by atoms with Gasteiger partial charge in [0.1, 0.15) is 11.3 Å². The Morgan fingerprint density at radius 1 is 1.10 bits per heavy atom. The number of H-pyrrole nitrogens is 1. The van der Waals surface area contributed by atoms with Crippen molar-refractivity contribution in [1.82, 2.24) is 30.3 Å². The second kappa shape index (κ2) is 8.44. The summed E-state index contributed by atoms with van der Waals surface area (Å²) in [5.41, 5.74) is 2.20. The maximum Gasteiger partial charge on any atom is 0.277 e. The summed E-state index contributed by atoms with van der Waals surface area (Å²) in [4.78, 5) is 33.0. The Kier molecular flexibility index (Phi) is 5.56. The number of aryl methyl sites for hydroxylation is 1. The molecule has 0 fully saturated rings. The minimum absolute atomic E-state index is 0.0871. The van der Waals surface area contributed by atoms with Crippen molar-refractivity contribution in [2.75, 3.05) is 0 Å². The largest absolute Gasteiger partial charge is 0.346 e. The number of benzene rings is 2. The van der Waals surface area contributed by atoms with E-state index in [9.17, 15) is 9.59 Å². The van der Waals surface area contributed by atoms with E-state index in [4.69, 9.17) is 0 Å². The first kappa shape index (κ1) is 19.8. The number of nitrogens with zero attached hydrogens (tertiary/aromatic N) is 4. The summed E-state index contributed by atoms with van der Waals surface area (Å²) in [6.07, 6.45) is 0.772. The summed E-state index contributed by atoms with van der Waals surface area (Å²) < 4.78 is 1.31. The first-order chi connectivity index (χ1) is 14.5. The molecule has 1 atom stereocenters. The van der Waals surface area contributed by atoms with E-state index < -0.39 is 0 Å². The summed E-state index contributed by atoms with van der Waals surface area (Å²) in [5, 5.41) is 11.6. The van der Waals surface area contributed by atoms with Crippen LogP contribution in [0.25, 0.3) is 21.9 Å².